The van der Waals surface area contributed by atoms with Crippen LogP contribution in [0.15, 0.2) is 30.5 Å². The van der Waals surface area contributed by atoms with Gasteiger partial charge in [0.25, 0.3) is 0 Å². The van der Waals surface area contributed by atoms with E-state index in [-0.39, 0.29) is 12.8 Å². The van der Waals surface area contributed by atoms with Crippen molar-refractivity contribution in [2.75, 3.05) is 13.1 Å². The first-order chi connectivity index (χ1) is 18.2. The van der Waals surface area contributed by atoms with Gasteiger partial charge in [-0.15, -0.1) is 0 Å². The number of H-pyrrole nitrogens is 1. The molecule has 0 aliphatic rings. The smallest absolute Gasteiger partial charge is 0.325 e. The molecule has 0 bridgehead atoms. The first kappa shape index (κ1) is 30.7. The Labute approximate surface area is 222 Å². The number of carbonyl (C=O) groups excluding carboxylic acids is 3. The van der Waals surface area contributed by atoms with Gasteiger partial charge in [0.05, 0.1) is 6.04 Å². The number of fused-ring (bicyclic) bond motifs is 1. The highest BCUT2D eigenvalue weighted by Gasteiger charge is 2.30. The molecule has 11 N–H and O–H groups in total. The van der Waals surface area contributed by atoms with Crippen LogP contribution in [0.1, 0.15) is 51.0 Å². The van der Waals surface area contributed by atoms with Crippen molar-refractivity contribution >= 4 is 34.6 Å². The lowest BCUT2D eigenvalue weighted by Gasteiger charge is -2.25. The summed E-state index contributed by atoms with van der Waals surface area (Å²) in [5.74, 6) is -2.88. The number of carboxylic acids is 1. The second-order valence-electron chi connectivity index (χ2n) is 9.43. The summed E-state index contributed by atoms with van der Waals surface area (Å²) in [4.78, 5) is 53.6. The van der Waals surface area contributed by atoms with Crippen LogP contribution in [0.2, 0.25) is 0 Å². The minimum absolute atomic E-state index is 0.153. The number of hydrogen-bond acceptors (Lipinski definition) is 7. The predicted molar refractivity (Wildman–Crippen MR) is 145 cm³/mol. The fourth-order valence-corrected chi connectivity index (χ4v) is 4.06. The largest absolute Gasteiger partial charge is 0.480 e. The van der Waals surface area contributed by atoms with E-state index in [9.17, 15) is 19.2 Å². The number of aliphatic carboxylic acids is 1. The molecule has 12 nitrogen and oxygen atoms in total. The Morgan fingerprint density at radius 3 is 2.13 bits per heavy atom. The number of nitrogens with two attached hydrogens (primary N) is 3. The van der Waals surface area contributed by atoms with E-state index in [2.05, 4.69) is 20.9 Å². The van der Waals surface area contributed by atoms with Gasteiger partial charge in [-0.05, 0) is 63.7 Å². The molecule has 38 heavy (non-hydrogen) atoms. The Morgan fingerprint density at radius 2 is 1.47 bits per heavy atom. The van der Waals surface area contributed by atoms with Gasteiger partial charge in [-0.2, -0.15) is 0 Å². The lowest BCUT2D eigenvalue weighted by Crippen LogP contribution is -2.57. The van der Waals surface area contributed by atoms with Gasteiger partial charge in [0.1, 0.15) is 18.1 Å². The number of benzene rings is 1. The number of hydrogen-bond donors (Lipinski definition) is 8. The molecule has 4 unspecified atom stereocenters. The van der Waals surface area contributed by atoms with Gasteiger partial charge < -0.3 is 43.2 Å². The highest BCUT2D eigenvalue weighted by atomic mass is 16.4. The molecule has 12 heteroatoms. The molecular weight excluding hydrogens is 490 g/mol. The number of carbonyl (C=O) groups is 4. The van der Waals surface area contributed by atoms with Crippen LogP contribution in [0.4, 0.5) is 0 Å². The molecule has 4 atom stereocenters. The number of aromatic amines is 1. The fraction of sp³-hybridized carbons (Fsp3) is 0.538. The van der Waals surface area contributed by atoms with Gasteiger partial charge in [-0.25, -0.2) is 0 Å². The van der Waals surface area contributed by atoms with Crippen LogP contribution in [0.25, 0.3) is 10.9 Å². The highest BCUT2D eigenvalue weighted by Crippen LogP contribution is 2.19. The molecule has 1 heterocycles. The minimum Gasteiger partial charge on any atom is -0.480 e. The van der Waals surface area contributed by atoms with Crippen LogP contribution in [0.3, 0.4) is 0 Å². The molecule has 0 radical (unpaired) electrons. The van der Waals surface area contributed by atoms with Gasteiger partial charge in [-0.1, -0.05) is 24.6 Å². The second kappa shape index (κ2) is 15.7. The first-order valence-corrected chi connectivity index (χ1v) is 13.0. The predicted octanol–water partition coefficient (Wildman–Crippen LogP) is -0.145. The quantitative estimate of drug-likeness (QED) is 0.128. The number of para-hydroxylation sites is 1. The van der Waals surface area contributed by atoms with E-state index in [0.717, 1.165) is 22.9 Å². The maximum Gasteiger partial charge on any atom is 0.325 e. The molecule has 210 valence electrons. The molecule has 1 aromatic carbocycles. The van der Waals surface area contributed by atoms with E-state index in [4.69, 9.17) is 22.3 Å². The maximum atomic E-state index is 13.5. The van der Waals surface area contributed by atoms with E-state index < -0.39 is 47.9 Å². The number of carboxylic acid groups (broad SMARTS) is 1. The van der Waals surface area contributed by atoms with Gasteiger partial charge >= 0.3 is 5.97 Å². The van der Waals surface area contributed by atoms with Crippen molar-refractivity contribution in [3.63, 3.8) is 0 Å². The summed E-state index contributed by atoms with van der Waals surface area (Å²) in [6.45, 7) is 2.24. The average molecular weight is 532 g/mol. The summed E-state index contributed by atoms with van der Waals surface area (Å²) in [6, 6.07) is 3.60. The van der Waals surface area contributed by atoms with Crippen molar-refractivity contribution < 1.29 is 24.3 Å². The summed E-state index contributed by atoms with van der Waals surface area (Å²) in [7, 11) is 0. The lowest BCUT2D eigenvalue weighted by molar-refractivity contribution is -0.141. The third-order valence-electron chi connectivity index (χ3n) is 6.35. The molecule has 0 fully saturated rings. The number of nitrogens with one attached hydrogen (secondary N) is 4. The van der Waals surface area contributed by atoms with E-state index in [1.165, 1.54) is 6.92 Å². The second-order valence-corrected chi connectivity index (χ2v) is 9.43. The minimum atomic E-state index is -1.20. The topological polar surface area (TPSA) is 218 Å². The molecule has 0 aliphatic carbocycles. The number of unbranched alkanes of at least 4 members (excludes halogenated alkanes) is 2. The molecule has 0 saturated heterocycles. The Kier molecular flexibility index (Phi) is 12.7. The van der Waals surface area contributed by atoms with Crippen molar-refractivity contribution in [3.05, 3.63) is 36.0 Å². The van der Waals surface area contributed by atoms with E-state index in [1.807, 2.05) is 24.3 Å². The van der Waals surface area contributed by atoms with Gasteiger partial charge in [0, 0.05) is 23.5 Å². The third-order valence-corrected chi connectivity index (χ3v) is 6.35. The average Bonchev–Trinajstić information content (AvgIpc) is 3.30. The summed E-state index contributed by atoms with van der Waals surface area (Å²) in [5, 5.41) is 17.9. The molecule has 2 aromatic rings. The molecule has 0 saturated carbocycles. The van der Waals surface area contributed by atoms with E-state index in [0.29, 0.717) is 38.8 Å². The Morgan fingerprint density at radius 1 is 0.868 bits per heavy atom. The molecule has 3 amide bonds. The van der Waals surface area contributed by atoms with Gasteiger partial charge in [-0.3, -0.25) is 19.2 Å². The molecular formula is C26H41N7O5. The van der Waals surface area contributed by atoms with Crippen molar-refractivity contribution in [2.45, 2.75) is 76.0 Å². The van der Waals surface area contributed by atoms with Gasteiger partial charge in [0.2, 0.25) is 17.7 Å². The zero-order chi connectivity index (χ0) is 28.1. The van der Waals surface area contributed by atoms with Crippen molar-refractivity contribution in [1.82, 2.24) is 20.9 Å². The third kappa shape index (κ3) is 9.43. The Bertz CT molecular complexity index is 1070. The molecule has 2 rings (SSSR count). The zero-order valence-electron chi connectivity index (χ0n) is 21.9. The Hall–Kier alpha value is -3.48. The Balaban J connectivity index is 2.24. The monoisotopic (exact) mass is 531 g/mol. The van der Waals surface area contributed by atoms with Crippen molar-refractivity contribution in [1.29, 1.82) is 0 Å². The van der Waals surface area contributed by atoms with Crippen molar-refractivity contribution in [3.8, 4) is 0 Å². The zero-order valence-corrected chi connectivity index (χ0v) is 21.9. The van der Waals surface area contributed by atoms with Gasteiger partial charge in [0.15, 0.2) is 0 Å². The number of amides is 3. The standard InChI is InChI=1S/C26H41N7O5/c1-16(26(37)38)31-24(35)21(11-5-7-13-28)32-25(36)22(33-23(34)19(29)9-4-6-12-27)14-17-15-30-20-10-3-2-8-18(17)20/h2-3,8,10,15-16,19,21-22,30H,4-7,9,11-14,27-29H2,1H3,(H,31,35)(H,32,36)(H,33,34)(H,37,38). The first-order valence-electron chi connectivity index (χ1n) is 13.0. The van der Waals surface area contributed by atoms with E-state index in [1.54, 1.807) is 6.20 Å². The van der Waals surface area contributed by atoms with Crippen LogP contribution in [-0.4, -0.2) is 71.0 Å². The summed E-state index contributed by atoms with van der Waals surface area (Å²) >= 11 is 0. The van der Waals surface area contributed by atoms with Crippen LogP contribution in [0.5, 0.6) is 0 Å². The molecule has 0 aliphatic heterocycles. The molecule has 1 aromatic heterocycles. The van der Waals surface area contributed by atoms with Crippen LogP contribution in [0, 0.1) is 0 Å². The normalized spacial score (nSPS) is 14.3. The van der Waals surface area contributed by atoms with E-state index >= 15 is 0 Å². The fourth-order valence-electron chi connectivity index (χ4n) is 4.06. The van der Waals surface area contributed by atoms with Crippen molar-refractivity contribution in [2.24, 2.45) is 17.2 Å². The summed E-state index contributed by atoms with van der Waals surface area (Å²) < 4.78 is 0. The lowest BCUT2D eigenvalue weighted by atomic mass is 10.0. The maximum absolute atomic E-state index is 13.5. The van der Waals surface area contributed by atoms with Crippen LogP contribution < -0.4 is 33.2 Å². The summed E-state index contributed by atoms with van der Waals surface area (Å²) in [6.07, 6.45) is 5.18. The summed E-state index contributed by atoms with van der Waals surface area (Å²) in [5.41, 5.74) is 18.8. The number of aromatic nitrogens is 1. The van der Waals surface area contributed by atoms with Crippen LogP contribution >= 0.6 is 0 Å². The highest BCUT2D eigenvalue weighted by molar-refractivity contribution is 5.94. The molecule has 0 spiro atoms. The number of rotatable bonds is 17. The SMILES string of the molecule is CC(NC(=O)C(CCCCN)NC(=O)C(Cc1c[nH]c2ccccc12)NC(=O)C(N)CCCCN)C(=O)O. The van der Waals surface area contributed by atoms with Crippen LogP contribution in [-0.2, 0) is 25.6 Å².